The van der Waals surface area contributed by atoms with Gasteiger partial charge in [0.1, 0.15) is 29.9 Å². The van der Waals surface area contributed by atoms with E-state index in [0.29, 0.717) is 12.2 Å². The van der Waals surface area contributed by atoms with E-state index >= 15 is 0 Å². The van der Waals surface area contributed by atoms with E-state index in [1.54, 1.807) is 40.7 Å². The van der Waals surface area contributed by atoms with E-state index in [1.807, 2.05) is 6.08 Å². The van der Waals surface area contributed by atoms with Crippen molar-refractivity contribution < 1.29 is 28.7 Å². The van der Waals surface area contributed by atoms with Crippen LogP contribution in [-0.4, -0.2) is 65.3 Å². The summed E-state index contributed by atoms with van der Waals surface area (Å²) in [6.07, 6.45) is 4.51. The number of fused-ring (bicyclic) bond motifs is 7. The van der Waals surface area contributed by atoms with Crippen LogP contribution in [0.2, 0.25) is 0 Å². The van der Waals surface area contributed by atoms with Gasteiger partial charge in [0, 0.05) is 11.5 Å². The van der Waals surface area contributed by atoms with Crippen LogP contribution < -0.4 is 21.3 Å². The lowest BCUT2D eigenvalue weighted by atomic mass is 10.0. The van der Waals surface area contributed by atoms with Gasteiger partial charge in [0.05, 0.1) is 6.42 Å². The van der Waals surface area contributed by atoms with Gasteiger partial charge >= 0.3 is 5.97 Å². The summed E-state index contributed by atoms with van der Waals surface area (Å²) >= 11 is 0. The number of ether oxygens (including phenoxy) is 1. The van der Waals surface area contributed by atoms with Crippen LogP contribution in [0.1, 0.15) is 47.5 Å². The van der Waals surface area contributed by atoms with Crippen molar-refractivity contribution >= 4 is 51.2 Å². The van der Waals surface area contributed by atoms with Gasteiger partial charge in [-0.15, -0.1) is 0 Å². The van der Waals surface area contributed by atoms with Crippen molar-refractivity contribution in [2.75, 3.05) is 11.5 Å². The summed E-state index contributed by atoms with van der Waals surface area (Å²) < 4.78 is 5.65. The number of esters is 1. The summed E-state index contributed by atoms with van der Waals surface area (Å²) in [6.45, 7) is 8.66. The van der Waals surface area contributed by atoms with Gasteiger partial charge in [-0.25, -0.2) is 4.79 Å². The molecule has 4 amide bonds. The molecule has 12 heteroatoms. The highest BCUT2D eigenvalue weighted by molar-refractivity contribution is 8.76. The maximum atomic E-state index is 13.2. The van der Waals surface area contributed by atoms with Crippen molar-refractivity contribution in [1.29, 1.82) is 0 Å². The molecule has 2 aliphatic heterocycles. The fourth-order valence-electron chi connectivity index (χ4n) is 3.50. The molecule has 200 valence electrons. The number of hydrogen-bond acceptors (Lipinski definition) is 8. The van der Waals surface area contributed by atoms with E-state index in [2.05, 4.69) is 21.3 Å². The van der Waals surface area contributed by atoms with Gasteiger partial charge in [-0.1, -0.05) is 61.4 Å². The zero-order chi connectivity index (χ0) is 26.8. The summed E-state index contributed by atoms with van der Waals surface area (Å²) in [6, 6.07) is -2.86. The smallest absolute Gasteiger partial charge is 0.329 e. The molecule has 0 aliphatic carbocycles. The first-order valence-corrected chi connectivity index (χ1v) is 14.5. The molecule has 0 radical (unpaired) electrons. The average Bonchev–Trinajstić information content (AvgIpc) is 2.81. The molecule has 4 N–H and O–H groups in total. The van der Waals surface area contributed by atoms with Crippen LogP contribution in [-0.2, 0) is 28.7 Å². The Bertz CT molecular complexity index is 905. The minimum absolute atomic E-state index is 0.0445. The van der Waals surface area contributed by atoms with E-state index in [9.17, 15) is 24.0 Å². The molecule has 1 fully saturated rings. The van der Waals surface area contributed by atoms with Gasteiger partial charge in [0.15, 0.2) is 0 Å². The van der Waals surface area contributed by atoms with Crippen LogP contribution in [0.4, 0.5) is 0 Å². The second-order valence-corrected chi connectivity index (χ2v) is 11.9. The van der Waals surface area contributed by atoms with E-state index in [1.165, 1.54) is 27.7 Å². The molecule has 0 saturated carbocycles. The molecule has 10 nitrogen and oxygen atoms in total. The topological polar surface area (TPSA) is 143 Å². The molecule has 2 rings (SSSR count). The Morgan fingerprint density at radius 3 is 2.28 bits per heavy atom. The standard InChI is InChI=1S/C24H36N4O6S2/c1-6-16-21(30)28-20(14(4)5)24(33)34-15-9-7-8-10-35-36-12-17(22(31)25-16)26-23(32)19(13(2)3)27-18(29)11-15/h6-7,9,13-15,17,19-20H,8,10-12H2,1-5H3,(H,25,31)(H,26,32)(H,27,29)(H,28,30)/b9-7-,16-6+/t15-,17?,19+,20?/m1/s1. The molecule has 2 unspecified atom stereocenters. The summed E-state index contributed by atoms with van der Waals surface area (Å²) in [5, 5.41) is 10.7. The molecular weight excluding hydrogens is 504 g/mol. The molecule has 0 aromatic rings. The molecule has 36 heavy (non-hydrogen) atoms. The van der Waals surface area contributed by atoms with Gasteiger partial charge in [-0.2, -0.15) is 0 Å². The zero-order valence-electron chi connectivity index (χ0n) is 21.3. The maximum Gasteiger partial charge on any atom is 0.329 e. The normalized spacial score (nSPS) is 29.6. The zero-order valence-corrected chi connectivity index (χ0v) is 22.9. The minimum Gasteiger partial charge on any atom is -0.456 e. The fraction of sp³-hybridized carbons (Fsp3) is 0.625. The number of carbonyl (C=O) groups is 5. The van der Waals surface area contributed by atoms with Gasteiger partial charge in [0.2, 0.25) is 17.7 Å². The first kappa shape index (κ1) is 29.8. The molecule has 2 bridgehead atoms. The third-order valence-corrected chi connectivity index (χ3v) is 8.03. The Hall–Kier alpha value is -2.47. The van der Waals surface area contributed by atoms with Crippen molar-refractivity contribution in [2.24, 2.45) is 11.8 Å². The Morgan fingerprint density at radius 2 is 1.64 bits per heavy atom. The highest BCUT2D eigenvalue weighted by Crippen LogP contribution is 2.24. The van der Waals surface area contributed by atoms with Crippen molar-refractivity contribution in [3.05, 3.63) is 23.9 Å². The van der Waals surface area contributed by atoms with E-state index in [4.69, 9.17) is 4.74 Å². The Morgan fingerprint density at radius 1 is 0.944 bits per heavy atom. The van der Waals surface area contributed by atoms with Crippen LogP contribution in [0.5, 0.6) is 0 Å². The molecule has 4 atom stereocenters. The largest absolute Gasteiger partial charge is 0.456 e. The lowest BCUT2D eigenvalue weighted by Crippen LogP contribution is -2.57. The van der Waals surface area contributed by atoms with Crippen LogP contribution >= 0.6 is 21.6 Å². The Labute approximate surface area is 220 Å². The molecule has 2 heterocycles. The predicted octanol–water partition coefficient (Wildman–Crippen LogP) is 1.43. The quantitative estimate of drug-likeness (QED) is 0.178. The van der Waals surface area contributed by atoms with Gasteiger partial charge in [0.25, 0.3) is 5.91 Å². The van der Waals surface area contributed by atoms with E-state index < -0.39 is 53.8 Å². The number of rotatable bonds is 2. The molecule has 0 spiro atoms. The first-order valence-electron chi connectivity index (χ1n) is 12.0. The molecular formula is C24H36N4O6S2. The fourth-order valence-corrected chi connectivity index (χ4v) is 5.66. The summed E-state index contributed by atoms with van der Waals surface area (Å²) in [5.74, 6) is -2.54. The van der Waals surface area contributed by atoms with E-state index in [0.717, 1.165) is 0 Å². The summed E-state index contributed by atoms with van der Waals surface area (Å²) in [7, 11) is 2.95. The highest BCUT2D eigenvalue weighted by atomic mass is 33.1. The summed E-state index contributed by atoms with van der Waals surface area (Å²) in [4.78, 5) is 65.2. The van der Waals surface area contributed by atoms with Crippen molar-refractivity contribution in [2.45, 2.75) is 71.7 Å². The number of allylic oxidation sites excluding steroid dienone is 2. The van der Waals surface area contributed by atoms with E-state index in [-0.39, 0.29) is 29.7 Å². The number of nitrogens with one attached hydrogen (secondary N) is 4. The Kier molecular flexibility index (Phi) is 11.8. The third-order valence-electron chi connectivity index (χ3n) is 5.59. The van der Waals surface area contributed by atoms with Gasteiger partial charge < -0.3 is 26.0 Å². The highest BCUT2D eigenvalue weighted by Gasteiger charge is 2.33. The molecule has 0 aromatic carbocycles. The average molecular weight is 541 g/mol. The Balaban J connectivity index is 2.55. The molecule has 2 aliphatic rings. The van der Waals surface area contributed by atoms with Crippen molar-refractivity contribution in [3.8, 4) is 0 Å². The summed E-state index contributed by atoms with van der Waals surface area (Å²) in [5.41, 5.74) is -0.0445. The first-order chi connectivity index (χ1) is 17.0. The minimum atomic E-state index is -1.00. The SMILES string of the molecule is C/C=C1/NC(=O)C2CSSCC/C=C\[C@H](CC(=O)N[C@@H](C(C)C)C(=O)N2)OC(=O)C(C(C)C)NC1=O. The second kappa shape index (κ2) is 14.3. The predicted molar refractivity (Wildman–Crippen MR) is 141 cm³/mol. The van der Waals surface area contributed by atoms with Crippen molar-refractivity contribution in [3.63, 3.8) is 0 Å². The number of carbonyl (C=O) groups excluding carboxylic acids is 5. The lowest BCUT2D eigenvalue weighted by Gasteiger charge is -2.27. The van der Waals surface area contributed by atoms with Crippen LogP contribution in [0.15, 0.2) is 23.9 Å². The lowest BCUT2D eigenvalue weighted by molar-refractivity contribution is -0.153. The third kappa shape index (κ3) is 8.88. The number of hydrogen-bond donors (Lipinski definition) is 4. The second-order valence-electron chi connectivity index (χ2n) is 9.24. The van der Waals surface area contributed by atoms with Crippen LogP contribution in [0.25, 0.3) is 0 Å². The maximum absolute atomic E-state index is 13.2. The van der Waals surface area contributed by atoms with Gasteiger partial charge in [-0.3, -0.25) is 19.2 Å². The van der Waals surface area contributed by atoms with Crippen molar-refractivity contribution in [1.82, 2.24) is 21.3 Å². The molecule has 1 saturated heterocycles. The molecule has 0 aromatic heterocycles. The van der Waals surface area contributed by atoms with Crippen LogP contribution in [0.3, 0.4) is 0 Å². The number of amides is 4. The monoisotopic (exact) mass is 540 g/mol. The van der Waals surface area contributed by atoms with Gasteiger partial charge in [-0.05, 0) is 31.3 Å². The van der Waals surface area contributed by atoms with Crippen LogP contribution in [0, 0.1) is 11.8 Å².